The third-order valence-electron chi connectivity index (χ3n) is 2.78. The highest BCUT2D eigenvalue weighted by molar-refractivity contribution is 9.10. The van der Waals surface area contributed by atoms with Crippen LogP contribution in [-0.2, 0) is 13.0 Å². The molecule has 2 N–H and O–H groups in total. The smallest absolute Gasteiger partial charge is 0.124 e. The Hall–Kier alpha value is -1.03. The molecular formula is C15H15BrClNO. The zero-order chi connectivity index (χ0) is 13.7. The maximum atomic E-state index is 6.17. The SMILES string of the molecule is NCCc1c(Cl)cccc1OCc1ccc(Br)cc1. The molecule has 0 amide bonds. The van der Waals surface area contributed by atoms with Crippen LogP contribution in [0.25, 0.3) is 0 Å². The molecule has 0 saturated heterocycles. The Morgan fingerprint density at radius 1 is 1.11 bits per heavy atom. The third kappa shape index (κ3) is 3.96. The van der Waals surface area contributed by atoms with Gasteiger partial charge in [0, 0.05) is 15.1 Å². The first-order valence-corrected chi connectivity index (χ1v) is 7.22. The highest BCUT2D eigenvalue weighted by Crippen LogP contribution is 2.27. The van der Waals surface area contributed by atoms with Gasteiger partial charge in [0.05, 0.1) is 0 Å². The molecule has 0 spiro atoms. The van der Waals surface area contributed by atoms with Crippen LogP contribution in [0, 0.1) is 0 Å². The van der Waals surface area contributed by atoms with E-state index >= 15 is 0 Å². The molecule has 0 aliphatic heterocycles. The minimum absolute atomic E-state index is 0.519. The highest BCUT2D eigenvalue weighted by atomic mass is 79.9. The lowest BCUT2D eigenvalue weighted by molar-refractivity contribution is 0.303. The van der Waals surface area contributed by atoms with E-state index in [9.17, 15) is 0 Å². The molecule has 2 aromatic carbocycles. The number of hydrogen-bond acceptors (Lipinski definition) is 2. The van der Waals surface area contributed by atoms with Crippen LogP contribution in [0.5, 0.6) is 5.75 Å². The van der Waals surface area contributed by atoms with Gasteiger partial charge in [0.25, 0.3) is 0 Å². The number of ether oxygens (including phenoxy) is 1. The van der Waals surface area contributed by atoms with Crippen LogP contribution < -0.4 is 10.5 Å². The van der Waals surface area contributed by atoms with Crippen LogP contribution in [0.1, 0.15) is 11.1 Å². The van der Waals surface area contributed by atoms with Gasteiger partial charge in [0.15, 0.2) is 0 Å². The van der Waals surface area contributed by atoms with Crippen molar-refractivity contribution < 1.29 is 4.74 Å². The fourth-order valence-corrected chi connectivity index (χ4v) is 2.33. The summed E-state index contributed by atoms with van der Waals surface area (Å²) in [5.41, 5.74) is 7.69. The van der Waals surface area contributed by atoms with E-state index in [1.807, 2.05) is 42.5 Å². The molecule has 0 radical (unpaired) electrons. The summed E-state index contributed by atoms with van der Waals surface area (Å²) in [6.45, 7) is 1.07. The second kappa shape index (κ2) is 6.94. The first-order valence-electron chi connectivity index (χ1n) is 6.05. The molecule has 0 unspecified atom stereocenters. The van der Waals surface area contributed by atoms with Gasteiger partial charge in [-0.2, -0.15) is 0 Å². The van der Waals surface area contributed by atoms with E-state index in [2.05, 4.69) is 15.9 Å². The Morgan fingerprint density at radius 2 is 1.84 bits per heavy atom. The van der Waals surface area contributed by atoms with Crippen LogP contribution in [0.4, 0.5) is 0 Å². The van der Waals surface area contributed by atoms with Gasteiger partial charge in [0.2, 0.25) is 0 Å². The normalized spacial score (nSPS) is 10.5. The fraction of sp³-hybridized carbons (Fsp3) is 0.200. The quantitative estimate of drug-likeness (QED) is 0.886. The van der Waals surface area contributed by atoms with Crippen molar-refractivity contribution >= 4 is 27.5 Å². The maximum absolute atomic E-state index is 6.17. The Labute approximate surface area is 126 Å². The van der Waals surface area contributed by atoms with Crippen LogP contribution in [0.3, 0.4) is 0 Å². The number of hydrogen-bond donors (Lipinski definition) is 1. The molecule has 19 heavy (non-hydrogen) atoms. The molecule has 0 saturated carbocycles. The monoisotopic (exact) mass is 339 g/mol. The molecule has 0 atom stereocenters. The molecule has 0 aromatic heterocycles. The highest BCUT2D eigenvalue weighted by Gasteiger charge is 2.07. The van der Waals surface area contributed by atoms with Crippen molar-refractivity contribution in [3.05, 3.63) is 63.1 Å². The van der Waals surface area contributed by atoms with Crippen molar-refractivity contribution in [1.29, 1.82) is 0 Å². The molecule has 0 heterocycles. The van der Waals surface area contributed by atoms with Crippen molar-refractivity contribution in [3.8, 4) is 5.75 Å². The predicted molar refractivity (Wildman–Crippen MR) is 82.7 cm³/mol. The first kappa shape index (κ1) is 14.4. The van der Waals surface area contributed by atoms with Crippen molar-refractivity contribution in [2.45, 2.75) is 13.0 Å². The fourth-order valence-electron chi connectivity index (χ4n) is 1.80. The van der Waals surface area contributed by atoms with Crippen molar-refractivity contribution in [1.82, 2.24) is 0 Å². The average molecular weight is 341 g/mol. The first-order chi connectivity index (χ1) is 9.20. The van der Waals surface area contributed by atoms with Crippen LogP contribution >= 0.6 is 27.5 Å². The molecule has 2 aromatic rings. The molecular weight excluding hydrogens is 326 g/mol. The van der Waals surface area contributed by atoms with E-state index in [0.29, 0.717) is 18.2 Å². The molecule has 4 heteroatoms. The van der Waals surface area contributed by atoms with E-state index in [4.69, 9.17) is 22.1 Å². The molecule has 100 valence electrons. The minimum Gasteiger partial charge on any atom is -0.489 e. The second-order valence-corrected chi connectivity index (χ2v) is 5.49. The summed E-state index contributed by atoms with van der Waals surface area (Å²) in [5.74, 6) is 0.806. The summed E-state index contributed by atoms with van der Waals surface area (Å²) in [6, 6.07) is 13.7. The molecule has 2 nitrogen and oxygen atoms in total. The van der Waals surface area contributed by atoms with Crippen molar-refractivity contribution in [3.63, 3.8) is 0 Å². The number of rotatable bonds is 5. The number of nitrogens with two attached hydrogens (primary N) is 1. The van der Waals surface area contributed by atoms with E-state index in [1.165, 1.54) is 0 Å². The summed E-state index contributed by atoms with van der Waals surface area (Å²) in [6.07, 6.45) is 0.718. The van der Waals surface area contributed by atoms with Gasteiger partial charge in [-0.3, -0.25) is 0 Å². The predicted octanol–water partition coefficient (Wildman–Crippen LogP) is 4.18. The lowest BCUT2D eigenvalue weighted by Gasteiger charge is -2.12. The van der Waals surface area contributed by atoms with E-state index < -0.39 is 0 Å². The summed E-state index contributed by atoms with van der Waals surface area (Å²) in [7, 11) is 0. The maximum Gasteiger partial charge on any atom is 0.124 e. The lowest BCUT2D eigenvalue weighted by atomic mass is 10.1. The Kier molecular flexibility index (Phi) is 5.25. The van der Waals surface area contributed by atoms with E-state index in [0.717, 1.165) is 27.8 Å². The number of benzene rings is 2. The summed E-state index contributed by atoms with van der Waals surface area (Å²) in [4.78, 5) is 0. The summed E-state index contributed by atoms with van der Waals surface area (Å²) < 4.78 is 6.90. The van der Waals surface area contributed by atoms with Crippen molar-refractivity contribution in [2.75, 3.05) is 6.54 Å². The van der Waals surface area contributed by atoms with E-state index in [1.54, 1.807) is 0 Å². The second-order valence-electron chi connectivity index (χ2n) is 4.17. The van der Waals surface area contributed by atoms with Crippen LogP contribution in [0.15, 0.2) is 46.9 Å². The van der Waals surface area contributed by atoms with Gasteiger partial charge in [-0.15, -0.1) is 0 Å². The minimum atomic E-state index is 0.519. The standard InChI is InChI=1S/C15H15BrClNO/c16-12-6-4-11(5-7-12)10-19-15-3-1-2-14(17)13(15)8-9-18/h1-7H,8-10,18H2. The molecule has 0 fully saturated rings. The largest absolute Gasteiger partial charge is 0.489 e. The zero-order valence-electron chi connectivity index (χ0n) is 10.4. The van der Waals surface area contributed by atoms with Gasteiger partial charge < -0.3 is 10.5 Å². The van der Waals surface area contributed by atoms with Crippen molar-refractivity contribution in [2.24, 2.45) is 5.73 Å². The van der Waals surface area contributed by atoms with Gasteiger partial charge in [-0.05, 0) is 42.8 Å². The molecule has 2 rings (SSSR count). The Bertz CT molecular complexity index is 542. The molecule has 0 aliphatic rings. The lowest BCUT2D eigenvalue weighted by Crippen LogP contribution is -2.06. The molecule has 0 aliphatic carbocycles. The van der Waals surface area contributed by atoms with E-state index in [-0.39, 0.29) is 0 Å². The summed E-state index contributed by atoms with van der Waals surface area (Å²) >= 11 is 9.58. The third-order valence-corrected chi connectivity index (χ3v) is 3.66. The zero-order valence-corrected chi connectivity index (χ0v) is 12.7. The van der Waals surface area contributed by atoms with Gasteiger partial charge in [-0.25, -0.2) is 0 Å². The topological polar surface area (TPSA) is 35.2 Å². The Morgan fingerprint density at radius 3 is 2.53 bits per heavy atom. The Balaban J connectivity index is 2.10. The molecule has 0 bridgehead atoms. The van der Waals surface area contributed by atoms with Gasteiger partial charge >= 0.3 is 0 Å². The van der Waals surface area contributed by atoms with Crippen LogP contribution in [0.2, 0.25) is 5.02 Å². The van der Waals surface area contributed by atoms with Gasteiger partial charge in [-0.1, -0.05) is 45.7 Å². The average Bonchev–Trinajstić information content (AvgIpc) is 2.41. The van der Waals surface area contributed by atoms with Gasteiger partial charge in [0.1, 0.15) is 12.4 Å². The summed E-state index contributed by atoms with van der Waals surface area (Å²) in [5, 5.41) is 0.707. The van der Waals surface area contributed by atoms with Crippen LogP contribution in [-0.4, -0.2) is 6.54 Å². The number of halogens is 2.